The van der Waals surface area contributed by atoms with Crippen molar-refractivity contribution in [2.24, 2.45) is 0 Å². The molecular weight excluding hydrogens is 306 g/mol. The molecule has 2 aromatic carbocycles. The van der Waals surface area contributed by atoms with E-state index in [4.69, 9.17) is 4.98 Å². The van der Waals surface area contributed by atoms with E-state index in [9.17, 15) is 0 Å². The predicted molar refractivity (Wildman–Crippen MR) is 102 cm³/mol. The van der Waals surface area contributed by atoms with Gasteiger partial charge in [-0.1, -0.05) is 53.6 Å². The lowest BCUT2D eigenvalue weighted by Crippen LogP contribution is -1.85. The van der Waals surface area contributed by atoms with Crippen molar-refractivity contribution in [2.75, 3.05) is 0 Å². The molecule has 1 N–H and O–H groups in total. The van der Waals surface area contributed by atoms with Gasteiger partial charge in [0.15, 0.2) is 0 Å². The molecule has 0 saturated carbocycles. The highest BCUT2D eigenvalue weighted by molar-refractivity contribution is 5.81. The van der Waals surface area contributed by atoms with Crippen LogP contribution in [0.15, 0.2) is 73.1 Å². The molecular formula is C22H19N3. The van der Waals surface area contributed by atoms with Gasteiger partial charge < -0.3 is 4.98 Å². The van der Waals surface area contributed by atoms with Gasteiger partial charge in [0, 0.05) is 29.1 Å². The standard InChI is InChI=1S/C22H19N3/c1-15-6-8-18(9-7-15)22-24-20(17-10-12-23-13-11-17)21(25-22)19-5-3-4-16(2)14-19/h3-14H,1-2H3,(H,24,25). The lowest BCUT2D eigenvalue weighted by molar-refractivity contribution is 1.29. The minimum absolute atomic E-state index is 0.878. The van der Waals surface area contributed by atoms with E-state index in [0.717, 1.165) is 33.9 Å². The molecule has 2 aromatic heterocycles. The van der Waals surface area contributed by atoms with Crippen LogP contribution in [0.4, 0.5) is 0 Å². The molecule has 0 radical (unpaired) electrons. The summed E-state index contributed by atoms with van der Waals surface area (Å²) in [7, 11) is 0. The van der Waals surface area contributed by atoms with Crippen LogP contribution < -0.4 is 0 Å². The first-order chi connectivity index (χ1) is 12.2. The Labute approximate surface area is 147 Å². The van der Waals surface area contributed by atoms with Crippen molar-refractivity contribution in [3.63, 3.8) is 0 Å². The number of pyridine rings is 1. The van der Waals surface area contributed by atoms with E-state index in [0.29, 0.717) is 0 Å². The summed E-state index contributed by atoms with van der Waals surface area (Å²) in [5, 5.41) is 0. The first-order valence-electron chi connectivity index (χ1n) is 8.35. The third-order valence-electron chi connectivity index (χ3n) is 4.29. The van der Waals surface area contributed by atoms with Gasteiger partial charge >= 0.3 is 0 Å². The Kier molecular flexibility index (Phi) is 3.90. The van der Waals surface area contributed by atoms with Gasteiger partial charge in [0.2, 0.25) is 0 Å². The zero-order valence-electron chi connectivity index (χ0n) is 14.3. The minimum Gasteiger partial charge on any atom is -0.337 e. The Bertz CT molecular complexity index is 999. The molecule has 4 aromatic rings. The second kappa shape index (κ2) is 6.36. The van der Waals surface area contributed by atoms with E-state index in [-0.39, 0.29) is 0 Å². The maximum atomic E-state index is 4.92. The zero-order chi connectivity index (χ0) is 17.2. The summed E-state index contributed by atoms with van der Waals surface area (Å²) >= 11 is 0. The molecule has 0 bridgehead atoms. The van der Waals surface area contributed by atoms with Crippen LogP contribution in [-0.2, 0) is 0 Å². The average molecular weight is 325 g/mol. The van der Waals surface area contributed by atoms with Gasteiger partial charge in [-0.2, -0.15) is 0 Å². The summed E-state index contributed by atoms with van der Waals surface area (Å²) < 4.78 is 0. The van der Waals surface area contributed by atoms with Gasteiger partial charge in [0.05, 0.1) is 11.4 Å². The number of nitrogens with zero attached hydrogens (tertiary/aromatic N) is 2. The second-order valence-corrected chi connectivity index (χ2v) is 6.28. The molecule has 0 amide bonds. The highest BCUT2D eigenvalue weighted by Crippen LogP contribution is 2.33. The van der Waals surface area contributed by atoms with E-state index in [1.165, 1.54) is 11.1 Å². The van der Waals surface area contributed by atoms with Gasteiger partial charge in [-0.05, 0) is 32.0 Å². The van der Waals surface area contributed by atoms with E-state index in [1.54, 1.807) is 0 Å². The Morgan fingerprint density at radius 3 is 2.20 bits per heavy atom. The molecule has 122 valence electrons. The fourth-order valence-corrected chi connectivity index (χ4v) is 2.95. The van der Waals surface area contributed by atoms with E-state index in [1.807, 2.05) is 24.5 Å². The van der Waals surface area contributed by atoms with Crippen LogP contribution in [0.2, 0.25) is 0 Å². The van der Waals surface area contributed by atoms with E-state index in [2.05, 4.69) is 72.3 Å². The number of aromatic amines is 1. The summed E-state index contributed by atoms with van der Waals surface area (Å²) in [5.41, 5.74) is 7.72. The Balaban J connectivity index is 1.90. The highest BCUT2D eigenvalue weighted by Gasteiger charge is 2.15. The fraction of sp³-hybridized carbons (Fsp3) is 0.0909. The summed E-state index contributed by atoms with van der Waals surface area (Å²) in [6.07, 6.45) is 3.61. The largest absolute Gasteiger partial charge is 0.337 e. The molecule has 0 atom stereocenters. The van der Waals surface area contributed by atoms with Crippen molar-refractivity contribution < 1.29 is 0 Å². The van der Waals surface area contributed by atoms with Gasteiger partial charge in [-0.15, -0.1) is 0 Å². The zero-order valence-corrected chi connectivity index (χ0v) is 14.3. The van der Waals surface area contributed by atoms with Crippen LogP contribution in [0.3, 0.4) is 0 Å². The van der Waals surface area contributed by atoms with Gasteiger partial charge in [-0.25, -0.2) is 4.98 Å². The quantitative estimate of drug-likeness (QED) is 0.546. The maximum absolute atomic E-state index is 4.92. The average Bonchev–Trinajstić information content (AvgIpc) is 3.08. The molecule has 2 heterocycles. The van der Waals surface area contributed by atoms with Crippen molar-refractivity contribution in [1.82, 2.24) is 15.0 Å². The molecule has 3 nitrogen and oxygen atoms in total. The Morgan fingerprint density at radius 2 is 1.48 bits per heavy atom. The number of hydrogen-bond donors (Lipinski definition) is 1. The molecule has 0 aliphatic carbocycles. The number of benzene rings is 2. The number of rotatable bonds is 3. The molecule has 0 aliphatic heterocycles. The second-order valence-electron chi connectivity index (χ2n) is 6.28. The molecule has 3 heteroatoms. The van der Waals surface area contributed by atoms with Crippen LogP contribution in [0.5, 0.6) is 0 Å². The first-order valence-corrected chi connectivity index (χ1v) is 8.35. The molecule has 0 spiro atoms. The summed E-state index contributed by atoms with van der Waals surface area (Å²) in [5.74, 6) is 0.878. The van der Waals surface area contributed by atoms with Gasteiger partial charge in [-0.3, -0.25) is 4.98 Å². The number of hydrogen-bond acceptors (Lipinski definition) is 2. The maximum Gasteiger partial charge on any atom is 0.138 e. The van der Waals surface area contributed by atoms with Crippen molar-refractivity contribution in [3.05, 3.63) is 84.2 Å². The van der Waals surface area contributed by atoms with Crippen LogP contribution in [0.1, 0.15) is 11.1 Å². The minimum atomic E-state index is 0.878. The molecule has 0 fully saturated rings. The van der Waals surface area contributed by atoms with Crippen LogP contribution in [-0.4, -0.2) is 15.0 Å². The monoisotopic (exact) mass is 325 g/mol. The molecule has 25 heavy (non-hydrogen) atoms. The normalized spacial score (nSPS) is 10.8. The van der Waals surface area contributed by atoms with E-state index < -0.39 is 0 Å². The van der Waals surface area contributed by atoms with Crippen LogP contribution in [0.25, 0.3) is 33.9 Å². The number of imidazole rings is 1. The van der Waals surface area contributed by atoms with E-state index >= 15 is 0 Å². The molecule has 0 unspecified atom stereocenters. The Hall–Kier alpha value is -3.20. The SMILES string of the molecule is Cc1ccc(-c2nc(-c3cccc(C)c3)c(-c3ccncc3)[nH]2)cc1. The predicted octanol–water partition coefficient (Wildman–Crippen LogP) is 5.42. The highest BCUT2D eigenvalue weighted by atomic mass is 14.9. The summed E-state index contributed by atoms with van der Waals surface area (Å²) in [6, 6.07) is 20.9. The van der Waals surface area contributed by atoms with Gasteiger partial charge in [0.25, 0.3) is 0 Å². The number of H-pyrrole nitrogens is 1. The lowest BCUT2D eigenvalue weighted by atomic mass is 10.0. The number of aromatic nitrogens is 3. The molecule has 0 saturated heterocycles. The summed E-state index contributed by atoms with van der Waals surface area (Å²) in [6.45, 7) is 4.19. The van der Waals surface area contributed by atoms with Crippen molar-refractivity contribution in [1.29, 1.82) is 0 Å². The van der Waals surface area contributed by atoms with Gasteiger partial charge in [0.1, 0.15) is 5.82 Å². The number of nitrogens with one attached hydrogen (secondary N) is 1. The van der Waals surface area contributed by atoms with Crippen molar-refractivity contribution in [3.8, 4) is 33.9 Å². The van der Waals surface area contributed by atoms with Crippen LogP contribution in [0, 0.1) is 13.8 Å². The third-order valence-corrected chi connectivity index (χ3v) is 4.29. The Morgan fingerprint density at radius 1 is 0.720 bits per heavy atom. The van der Waals surface area contributed by atoms with Crippen LogP contribution >= 0.6 is 0 Å². The fourth-order valence-electron chi connectivity index (χ4n) is 2.95. The summed E-state index contributed by atoms with van der Waals surface area (Å²) in [4.78, 5) is 12.6. The topological polar surface area (TPSA) is 41.6 Å². The van der Waals surface area contributed by atoms with Crippen molar-refractivity contribution >= 4 is 0 Å². The third kappa shape index (κ3) is 3.09. The van der Waals surface area contributed by atoms with Crippen molar-refractivity contribution in [2.45, 2.75) is 13.8 Å². The number of aryl methyl sites for hydroxylation is 2. The molecule has 4 rings (SSSR count). The first kappa shape index (κ1) is 15.3. The lowest BCUT2D eigenvalue weighted by Gasteiger charge is -2.03. The smallest absolute Gasteiger partial charge is 0.138 e. The molecule has 0 aliphatic rings.